The van der Waals surface area contributed by atoms with E-state index in [2.05, 4.69) is 40.6 Å². The molecule has 5 rings (SSSR count). The Bertz CT molecular complexity index is 1290. The van der Waals surface area contributed by atoms with Crippen molar-refractivity contribution in [2.75, 3.05) is 7.11 Å². The zero-order valence-electron chi connectivity index (χ0n) is 21.0. The van der Waals surface area contributed by atoms with Crippen LogP contribution in [0, 0.1) is 12.8 Å². The molecule has 1 heterocycles. The van der Waals surface area contributed by atoms with Gasteiger partial charge in [-0.1, -0.05) is 72.8 Å². The van der Waals surface area contributed by atoms with Crippen molar-refractivity contribution < 1.29 is 14.1 Å². The molecular weight excluding hydrogens is 446 g/mol. The minimum atomic E-state index is -0.852. The minimum Gasteiger partial charge on any atom is -0.497 e. The molecule has 0 saturated heterocycles. The molecule has 0 bridgehead atoms. The molecule has 0 unspecified atom stereocenters. The highest BCUT2D eigenvalue weighted by Crippen LogP contribution is 2.49. The zero-order chi connectivity index (χ0) is 25.1. The number of carbonyl (C=O) groups excluding carboxylic acids is 1. The first-order chi connectivity index (χ1) is 17.5. The van der Waals surface area contributed by atoms with E-state index in [0.717, 1.165) is 42.7 Å². The molecule has 1 fully saturated rings. The van der Waals surface area contributed by atoms with Crippen molar-refractivity contribution in [1.29, 1.82) is 0 Å². The molecule has 0 spiro atoms. The molecule has 4 aromatic rings. The number of hydrogen-bond donors (Lipinski definition) is 1. The van der Waals surface area contributed by atoms with E-state index in [-0.39, 0.29) is 11.8 Å². The van der Waals surface area contributed by atoms with Crippen LogP contribution >= 0.6 is 0 Å². The maximum Gasteiger partial charge on any atom is 0.253 e. The first kappa shape index (κ1) is 23.9. The van der Waals surface area contributed by atoms with Crippen molar-refractivity contribution in [1.82, 2.24) is 4.57 Å². The predicted octanol–water partition coefficient (Wildman–Crippen LogP) is 4.95. The maximum atomic E-state index is 13.4. The molecule has 0 aliphatic heterocycles. The predicted molar refractivity (Wildman–Crippen MR) is 141 cm³/mol. The second-order valence-electron chi connectivity index (χ2n) is 9.80. The van der Waals surface area contributed by atoms with Gasteiger partial charge in [-0.25, -0.2) is 9.13 Å². The first-order valence-electron chi connectivity index (χ1n) is 12.6. The summed E-state index contributed by atoms with van der Waals surface area (Å²) >= 11 is 0. The summed E-state index contributed by atoms with van der Waals surface area (Å²) in [5.41, 5.74) is 8.59. The average Bonchev–Trinajstić information content (AvgIpc) is 3.53. The molecule has 2 atom stereocenters. The molecule has 1 aromatic heterocycles. The van der Waals surface area contributed by atoms with E-state index >= 15 is 0 Å². The second kappa shape index (κ2) is 10.0. The van der Waals surface area contributed by atoms with Gasteiger partial charge in [0.05, 0.1) is 7.11 Å². The quantitative estimate of drug-likeness (QED) is 0.363. The minimum absolute atomic E-state index is 0.110. The average molecular weight is 481 g/mol. The van der Waals surface area contributed by atoms with E-state index in [1.54, 1.807) is 7.11 Å². The first-order valence-corrected chi connectivity index (χ1v) is 12.6. The number of hydrogen-bond acceptors (Lipinski definition) is 2. The Kier molecular flexibility index (Phi) is 6.64. The van der Waals surface area contributed by atoms with Gasteiger partial charge in [0.15, 0.2) is 0 Å². The van der Waals surface area contributed by atoms with E-state index in [1.165, 1.54) is 11.4 Å². The Morgan fingerprint density at radius 3 is 2.28 bits per heavy atom. The van der Waals surface area contributed by atoms with Gasteiger partial charge in [-0.15, -0.1) is 0 Å². The van der Waals surface area contributed by atoms with Crippen LogP contribution in [0.4, 0.5) is 0 Å². The van der Waals surface area contributed by atoms with E-state index in [4.69, 9.17) is 10.5 Å². The van der Waals surface area contributed by atoms with Gasteiger partial charge in [-0.2, -0.15) is 0 Å². The Morgan fingerprint density at radius 2 is 1.67 bits per heavy atom. The topological polar surface area (TPSA) is 61.1 Å². The third-order valence-electron chi connectivity index (χ3n) is 7.94. The van der Waals surface area contributed by atoms with E-state index in [0.29, 0.717) is 6.04 Å². The molecule has 3 aromatic carbocycles. The number of benzene rings is 3. The van der Waals surface area contributed by atoms with Gasteiger partial charge >= 0.3 is 0 Å². The fraction of sp³-hybridized carbons (Fsp3) is 0.290. The van der Waals surface area contributed by atoms with Crippen LogP contribution in [0.5, 0.6) is 5.75 Å². The van der Waals surface area contributed by atoms with Gasteiger partial charge in [0.25, 0.3) is 5.82 Å². The number of nitrogens with zero attached hydrogens (tertiary/aromatic N) is 2. The molecule has 5 nitrogen and oxygen atoms in total. The van der Waals surface area contributed by atoms with E-state index in [9.17, 15) is 4.79 Å². The molecule has 184 valence electrons. The number of rotatable bonds is 8. The highest BCUT2D eigenvalue weighted by atomic mass is 16.5. The summed E-state index contributed by atoms with van der Waals surface area (Å²) in [6, 6.07) is 28.7. The lowest BCUT2D eigenvalue weighted by molar-refractivity contribution is -0.694. The Balaban J connectivity index is 1.46. The number of carbonyl (C=O) groups is 1. The van der Waals surface area contributed by atoms with Crippen LogP contribution in [0.15, 0.2) is 97.3 Å². The van der Waals surface area contributed by atoms with Crippen molar-refractivity contribution in [3.05, 3.63) is 120 Å². The Labute approximate surface area is 213 Å². The molecule has 1 saturated carbocycles. The number of methoxy groups -OCH3 is 1. The number of ether oxygens (including phenoxy) is 1. The number of aromatic nitrogens is 2. The SMILES string of the molecule is COc1cccc(C[n+]2ccn([C@H]3CC[C@@H](C(C(N)=O)(c4ccccc4)c4ccccc4)C3)c2C)c1. The lowest BCUT2D eigenvalue weighted by atomic mass is 9.64. The zero-order valence-corrected chi connectivity index (χ0v) is 21.0. The highest BCUT2D eigenvalue weighted by molar-refractivity contribution is 5.91. The van der Waals surface area contributed by atoms with Crippen molar-refractivity contribution in [3.8, 4) is 5.75 Å². The van der Waals surface area contributed by atoms with Crippen molar-refractivity contribution in [2.24, 2.45) is 11.7 Å². The molecule has 2 N–H and O–H groups in total. The number of nitrogens with two attached hydrogens (primary N) is 1. The van der Waals surface area contributed by atoms with Crippen LogP contribution in [-0.4, -0.2) is 17.6 Å². The van der Waals surface area contributed by atoms with Gasteiger partial charge in [0.1, 0.15) is 36.1 Å². The normalized spacial score (nSPS) is 17.7. The Hall–Kier alpha value is -3.86. The van der Waals surface area contributed by atoms with Gasteiger partial charge in [0.2, 0.25) is 5.91 Å². The summed E-state index contributed by atoms with van der Waals surface area (Å²) in [7, 11) is 1.70. The summed E-state index contributed by atoms with van der Waals surface area (Å²) in [4.78, 5) is 13.4. The number of amides is 1. The summed E-state index contributed by atoms with van der Waals surface area (Å²) in [5, 5.41) is 0. The van der Waals surface area contributed by atoms with Gasteiger partial charge < -0.3 is 10.5 Å². The van der Waals surface area contributed by atoms with Crippen LogP contribution in [0.25, 0.3) is 0 Å². The third kappa shape index (κ3) is 4.19. The molecular formula is C31H34N3O2+. The summed E-state index contributed by atoms with van der Waals surface area (Å²) < 4.78 is 10.0. The smallest absolute Gasteiger partial charge is 0.253 e. The Morgan fingerprint density at radius 1 is 1.00 bits per heavy atom. The van der Waals surface area contributed by atoms with Crippen molar-refractivity contribution in [3.63, 3.8) is 0 Å². The highest BCUT2D eigenvalue weighted by Gasteiger charge is 2.51. The molecule has 36 heavy (non-hydrogen) atoms. The lowest BCUT2D eigenvalue weighted by Gasteiger charge is -2.37. The fourth-order valence-electron chi connectivity index (χ4n) is 6.17. The molecule has 1 amide bonds. The largest absolute Gasteiger partial charge is 0.497 e. The number of primary amides is 1. The molecule has 0 radical (unpaired) electrons. The second-order valence-corrected chi connectivity index (χ2v) is 9.80. The summed E-state index contributed by atoms with van der Waals surface area (Å²) in [6.45, 7) is 2.95. The van der Waals surface area contributed by atoms with Crippen molar-refractivity contribution in [2.45, 2.75) is 44.2 Å². The van der Waals surface area contributed by atoms with E-state index in [1.807, 2.05) is 72.8 Å². The lowest BCUT2D eigenvalue weighted by Crippen LogP contribution is -2.47. The molecule has 1 aliphatic carbocycles. The molecule has 5 heteroatoms. The third-order valence-corrected chi connectivity index (χ3v) is 7.94. The van der Waals surface area contributed by atoms with Crippen LogP contribution in [0.3, 0.4) is 0 Å². The standard InChI is InChI=1S/C31H33N3O2/c1-23-33(22-24-10-9-15-29(20-24)36-2)18-19-34(23)28-17-16-27(21-28)31(30(32)35,25-11-5-3-6-12-25)26-13-7-4-8-14-26/h3-15,18-20,27-28H,16-17,21-22H2,1-2H3,(H-,32,35)/p+1/t27-,28+/m1/s1. The van der Waals surface area contributed by atoms with Gasteiger partial charge in [-0.05, 0) is 54.0 Å². The van der Waals surface area contributed by atoms with Crippen molar-refractivity contribution >= 4 is 5.91 Å². The monoisotopic (exact) mass is 480 g/mol. The molecule has 1 aliphatic rings. The van der Waals surface area contributed by atoms with Crippen LogP contribution in [-0.2, 0) is 16.8 Å². The van der Waals surface area contributed by atoms with Gasteiger partial charge in [0, 0.05) is 6.92 Å². The summed E-state index contributed by atoms with van der Waals surface area (Å²) in [5.74, 6) is 1.90. The van der Waals surface area contributed by atoms with Crippen LogP contribution in [0.1, 0.15) is 47.8 Å². The maximum absolute atomic E-state index is 13.4. The summed E-state index contributed by atoms with van der Waals surface area (Å²) in [6.07, 6.45) is 7.16. The fourth-order valence-corrected chi connectivity index (χ4v) is 6.17. The van der Waals surface area contributed by atoms with Gasteiger partial charge in [-0.3, -0.25) is 4.79 Å². The van der Waals surface area contributed by atoms with Crippen LogP contribution in [0.2, 0.25) is 0 Å². The number of imidazole rings is 1. The van der Waals surface area contributed by atoms with Crippen LogP contribution < -0.4 is 15.0 Å². The van der Waals surface area contributed by atoms with E-state index < -0.39 is 5.41 Å².